The van der Waals surface area contributed by atoms with E-state index in [1.807, 2.05) is 7.05 Å². The number of hydrogen-bond donors (Lipinski definition) is 1. The predicted octanol–water partition coefficient (Wildman–Crippen LogP) is 2.70. The van der Waals surface area contributed by atoms with Gasteiger partial charge in [-0.15, -0.1) is 0 Å². The van der Waals surface area contributed by atoms with Crippen molar-refractivity contribution in [2.24, 2.45) is 7.05 Å². The Morgan fingerprint density at radius 1 is 1.33 bits per heavy atom. The number of hydrogen-bond acceptors (Lipinski definition) is 1. The Hall–Kier alpha value is -0.800. The Labute approximate surface area is 98.4 Å². The van der Waals surface area contributed by atoms with E-state index in [1.165, 1.54) is 21.1 Å². The second kappa shape index (κ2) is 4.37. The van der Waals surface area contributed by atoms with Gasteiger partial charge >= 0.3 is 0 Å². The second-order valence-corrected chi connectivity index (χ2v) is 4.45. The number of benzene rings is 1. The van der Waals surface area contributed by atoms with Gasteiger partial charge in [0.25, 0.3) is 0 Å². The molecule has 0 aliphatic heterocycles. The molecule has 15 heavy (non-hydrogen) atoms. The minimum absolute atomic E-state index is 1.01. The molecular formula is C12H15BrN2. The zero-order valence-electron chi connectivity index (χ0n) is 9.05. The number of halogens is 1. The third-order valence-corrected chi connectivity index (χ3v) is 3.77. The summed E-state index contributed by atoms with van der Waals surface area (Å²) in [7, 11) is 4.08. The van der Waals surface area contributed by atoms with Gasteiger partial charge in [0.1, 0.15) is 0 Å². The molecule has 2 aromatic rings. The normalized spacial score (nSPS) is 11.1. The van der Waals surface area contributed by atoms with Crippen molar-refractivity contribution in [1.82, 2.24) is 9.88 Å². The molecule has 0 spiro atoms. The van der Waals surface area contributed by atoms with Crippen LogP contribution in [0.2, 0.25) is 0 Å². The first kappa shape index (κ1) is 10.7. The summed E-state index contributed by atoms with van der Waals surface area (Å²) in [6, 6.07) is 8.52. The van der Waals surface area contributed by atoms with Crippen LogP contribution in [0.5, 0.6) is 0 Å². The van der Waals surface area contributed by atoms with Gasteiger partial charge in [0.2, 0.25) is 0 Å². The first-order valence-electron chi connectivity index (χ1n) is 5.12. The fourth-order valence-electron chi connectivity index (χ4n) is 1.93. The van der Waals surface area contributed by atoms with Gasteiger partial charge in [-0.05, 0) is 47.6 Å². The molecule has 0 saturated carbocycles. The lowest BCUT2D eigenvalue weighted by Crippen LogP contribution is -2.10. The predicted molar refractivity (Wildman–Crippen MR) is 68.2 cm³/mol. The summed E-state index contributed by atoms with van der Waals surface area (Å²) < 4.78 is 3.39. The average Bonchev–Trinajstić information content (AvgIpc) is 2.51. The lowest BCUT2D eigenvalue weighted by molar-refractivity contribution is 0.787. The van der Waals surface area contributed by atoms with E-state index < -0.39 is 0 Å². The Morgan fingerprint density at radius 3 is 2.80 bits per heavy atom. The lowest BCUT2D eigenvalue weighted by Gasteiger charge is -2.00. The van der Waals surface area contributed by atoms with Crippen LogP contribution in [-0.4, -0.2) is 18.2 Å². The van der Waals surface area contributed by atoms with Crippen LogP contribution in [0.3, 0.4) is 0 Å². The summed E-state index contributed by atoms with van der Waals surface area (Å²) in [5.74, 6) is 0. The average molecular weight is 267 g/mol. The molecule has 3 heteroatoms. The van der Waals surface area contributed by atoms with E-state index in [9.17, 15) is 0 Å². The van der Waals surface area contributed by atoms with Crippen LogP contribution in [0.4, 0.5) is 0 Å². The molecule has 1 N–H and O–H groups in total. The Bertz CT molecular complexity index is 474. The fraction of sp³-hybridized carbons (Fsp3) is 0.333. The standard InChI is InChI=1S/C12H15BrN2/c1-14-8-7-10-9-5-3-4-6-11(9)15(2)12(10)13/h3-6,14H,7-8H2,1-2H3. The highest BCUT2D eigenvalue weighted by molar-refractivity contribution is 9.10. The third-order valence-electron chi connectivity index (χ3n) is 2.76. The third kappa shape index (κ3) is 1.82. The minimum atomic E-state index is 1.01. The lowest BCUT2D eigenvalue weighted by atomic mass is 10.1. The zero-order chi connectivity index (χ0) is 10.8. The molecule has 1 aromatic heterocycles. The van der Waals surface area contributed by atoms with Gasteiger partial charge in [0, 0.05) is 18.0 Å². The van der Waals surface area contributed by atoms with E-state index in [2.05, 4.69) is 57.1 Å². The van der Waals surface area contributed by atoms with Crippen molar-refractivity contribution in [2.45, 2.75) is 6.42 Å². The fourth-order valence-corrected chi connectivity index (χ4v) is 2.53. The van der Waals surface area contributed by atoms with E-state index in [0.29, 0.717) is 0 Å². The van der Waals surface area contributed by atoms with Gasteiger partial charge in [0.15, 0.2) is 0 Å². The first-order valence-corrected chi connectivity index (χ1v) is 5.91. The summed E-state index contributed by atoms with van der Waals surface area (Å²) in [6.45, 7) is 1.01. The zero-order valence-corrected chi connectivity index (χ0v) is 10.6. The Kier molecular flexibility index (Phi) is 3.12. The summed E-state index contributed by atoms with van der Waals surface area (Å²) in [5.41, 5.74) is 2.68. The molecule has 0 bridgehead atoms. The molecule has 0 unspecified atom stereocenters. The molecule has 2 nitrogen and oxygen atoms in total. The molecule has 0 radical (unpaired) electrons. The van der Waals surface area contributed by atoms with Gasteiger partial charge in [0.05, 0.1) is 4.60 Å². The van der Waals surface area contributed by atoms with Crippen molar-refractivity contribution < 1.29 is 0 Å². The smallest absolute Gasteiger partial charge is 0.0887 e. The summed E-state index contributed by atoms with van der Waals surface area (Å²) in [6.07, 6.45) is 1.05. The van der Waals surface area contributed by atoms with Crippen molar-refractivity contribution in [3.8, 4) is 0 Å². The highest BCUT2D eigenvalue weighted by Crippen LogP contribution is 2.29. The van der Waals surface area contributed by atoms with Crippen molar-refractivity contribution in [2.75, 3.05) is 13.6 Å². The Balaban J connectivity index is 2.56. The minimum Gasteiger partial charge on any atom is -0.338 e. The molecule has 0 amide bonds. The molecule has 1 heterocycles. The van der Waals surface area contributed by atoms with Crippen molar-refractivity contribution in [3.05, 3.63) is 34.4 Å². The quantitative estimate of drug-likeness (QED) is 0.904. The maximum absolute atomic E-state index is 3.66. The topological polar surface area (TPSA) is 17.0 Å². The number of nitrogens with one attached hydrogen (secondary N) is 1. The van der Waals surface area contributed by atoms with Crippen molar-refractivity contribution in [1.29, 1.82) is 0 Å². The molecular weight excluding hydrogens is 252 g/mol. The summed E-state index contributed by atoms with van der Waals surface area (Å²) in [4.78, 5) is 0. The molecule has 0 aliphatic carbocycles. The molecule has 2 rings (SSSR count). The highest BCUT2D eigenvalue weighted by atomic mass is 79.9. The number of para-hydroxylation sites is 1. The highest BCUT2D eigenvalue weighted by Gasteiger charge is 2.11. The maximum Gasteiger partial charge on any atom is 0.0887 e. The van der Waals surface area contributed by atoms with Crippen LogP contribution in [0, 0.1) is 0 Å². The van der Waals surface area contributed by atoms with Crippen LogP contribution in [0.15, 0.2) is 28.9 Å². The number of fused-ring (bicyclic) bond motifs is 1. The van der Waals surface area contributed by atoms with Crippen molar-refractivity contribution >= 4 is 26.8 Å². The van der Waals surface area contributed by atoms with E-state index >= 15 is 0 Å². The van der Waals surface area contributed by atoms with Gasteiger partial charge < -0.3 is 9.88 Å². The van der Waals surface area contributed by atoms with Crippen LogP contribution in [0.1, 0.15) is 5.56 Å². The molecule has 0 atom stereocenters. The van der Waals surface area contributed by atoms with E-state index in [-0.39, 0.29) is 0 Å². The van der Waals surface area contributed by atoms with Gasteiger partial charge in [-0.3, -0.25) is 0 Å². The number of likely N-dealkylation sites (N-methyl/N-ethyl adjacent to an activating group) is 1. The first-order chi connectivity index (χ1) is 7.25. The van der Waals surface area contributed by atoms with Crippen molar-refractivity contribution in [3.63, 3.8) is 0 Å². The number of nitrogens with zero attached hydrogens (tertiary/aromatic N) is 1. The SMILES string of the molecule is CNCCc1c(Br)n(C)c2ccccc12. The number of aromatic nitrogens is 1. The van der Waals surface area contributed by atoms with Gasteiger partial charge in [-0.25, -0.2) is 0 Å². The largest absolute Gasteiger partial charge is 0.338 e. The Morgan fingerprint density at radius 2 is 2.07 bits per heavy atom. The van der Waals surface area contributed by atoms with Crippen LogP contribution in [-0.2, 0) is 13.5 Å². The monoisotopic (exact) mass is 266 g/mol. The van der Waals surface area contributed by atoms with Gasteiger partial charge in [-0.1, -0.05) is 18.2 Å². The molecule has 1 aromatic carbocycles. The molecule has 0 fully saturated rings. The van der Waals surface area contributed by atoms with Crippen LogP contribution in [0.25, 0.3) is 10.9 Å². The molecule has 0 saturated heterocycles. The van der Waals surface area contributed by atoms with Gasteiger partial charge in [-0.2, -0.15) is 0 Å². The number of aryl methyl sites for hydroxylation is 1. The van der Waals surface area contributed by atoms with E-state index in [1.54, 1.807) is 0 Å². The van der Waals surface area contributed by atoms with E-state index in [4.69, 9.17) is 0 Å². The summed E-state index contributed by atoms with van der Waals surface area (Å²) >= 11 is 3.66. The molecule has 80 valence electrons. The van der Waals surface area contributed by atoms with Crippen LogP contribution < -0.4 is 5.32 Å². The second-order valence-electron chi connectivity index (χ2n) is 3.70. The number of rotatable bonds is 3. The molecule has 0 aliphatic rings. The summed E-state index contributed by atoms with van der Waals surface area (Å²) in [5, 5.41) is 4.54. The van der Waals surface area contributed by atoms with Crippen LogP contribution >= 0.6 is 15.9 Å². The maximum atomic E-state index is 3.66. The van der Waals surface area contributed by atoms with E-state index in [0.717, 1.165) is 13.0 Å².